The molecule has 0 aliphatic heterocycles. The van der Waals surface area contributed by atoms with Gasteiger partial charge in [-0.25, -0.2) is 0 Å². The van der Waals surface area contributed by atoms with E-state index >= 15 is 0 Å². The van der Waals surface area contributed by atoms with Crippen LogP contribution in [0.2, 0.25) is 5.02 Å². The lowest BCUT2D eigenvalue weighted by molar-refractivity contribution is 0.0977. The number of thiocarbonyl (C=S) groups is 1. The van der Waals surface area contributed by atoms with Gasteiger partial charge in [0.15, 0.2) is 5.11 Å². The van der Waals surface area contributed by atoms with Gasteiger partial charge < -0.3 is 19.6 Å². The molecule has 0 unspecified atom stereocenters. The van der Waals surface area contributed by atoms with E-state index in [2.05, 4.69) is 10.6 Å². The summed E-state index contributed by atoms with van der Waals surface area (Å²) < 4.78 is 10.6. The van der Waals surface area contributed by atoms with E-state index < -0.39 is 0 Å². The Morgan fingerprint density at radius 3 is 2.54 bits per heavy atom. The fraction of sp³-hybridized carbons (Fsp3) is 0.100. The summed E-state index contributed by atoms with van der Waals surface area (Å²) >= 11 is 11.5. The number of hydrogen-bond donors (Lipinski definition) is 3. The first-order valence-electron chi connectivity index (χ1n) is 8.26. The molecule has 0 radical (unpaired) electrons. The minimum atomic E-state index is -0.338. The van der Waals surface area contributed by atoms with Crippen molar-refractivity contribution in [3.63, 3.8) is 0 Å². The number of ether oxygens (including phenoxy) is 1. The molecule has 0 saturated heterocycles. The van der Waals surface area contributed by atoms with Gasteiger partial charge in [0.05, 0.1) is 12.1 Å². The van der Waals surface area contributed by atoms with Crippen LogP contribution in [0.25, 0.3) is 11.3 Å². The van der Waals surface area contributed by atoms with Gasteiger partial charge in [0.2, 0.25) is 0 Å². The molecular formula is C20H17ClN2O4S. The number of furan rings is 1. The average Bonchev–Trinajstić information content (AvgIpc) is 3.17. The van der Waals surface area contributed by atoms with Crippen LogP contribution in [0.1, 0.15) is 16.1 Å². The molecule has 8 heteroatoms. The van der Waals surface area contributed by atoms with Crippen LogP contribution in [-0.4, -0.2) is 23.2 Å². The van der Waals surface area contributed by atoms with Crippen molar-refractivity contribution in [3.8, 4) is 17.1 Å². The number of rotatable bonds is 5. The van der Waals surface area contributed by atoms with Crippen LogP contribution in [0, 0.1) is 0 Å². The van der Waals surface area contributed by atoms with E-state index in [1.165, 1.54) is 0 Å². The SMILES string of the molecule is COc1ccc(C(=O)NC(=S)Nc2ccc(-c3ccc(CO)o3)c(Cl)c2)cc1. The molecule has 28 heavy (non-hydrogen) atoms. The zero-order chi connectivity index (χ0) is 20.1. The Bertz CT molecular complexity index is 1000. The van der Waals surface area contributed by atoms with Crippen molar-refractivity contribution in [2.45, 2.75) is 6.61 Å². The van der Waals surface area contributed by atoms with E-state index in [0.717, 1.165) is 0 Å². The van der Waals surface area contributed by atoms with Gasteiger partial charge in [-0.05, 0) is 66.8 Å². The minimum Gasteiger partial charge on any atom is -0.497 e. The summed E-state index contributed by atoms with van der Waals surface area (Å²) in [6, 6.07) is 15.3. The zero-order valence-corrected chi connectivity index (χ0v) is 16.4. The zero-order valence-electron chi connectivity index (χ0n) is 14.9. The van der Waals surface area contributed by atoms with Gasteiger partial charge >= 0.3 is 0 Å². The molecule has 144 valence electrons. The monoisotopic (exact) mass is 416 g/mol. The average molecular weight is 417 g/mol. The molecule has 1 heterocycles. The molecular weight excluding hydrogens is 400 g/mol. The van der Waals surface area contributed by atoms with Crippen LogP contribution >= 0.6 is 23.8 Å². The Morgan fingerprint density at radius 2 is 1.93 bits per heavy atom. The highest BCUT2D eigenvalue weighted by molar-refractivity contribution is 7.80. The van der Waals surface area contributed by atoms with Gasteiger partial charge in [0, 0.05) is 16.8 Å². The summed E-state index contributed by atoms with van der Waals surface area (Å²) in [6.07, 6.45) is 0. The third kappa shape index (κ3) is 4.69. The largest absolute Gasteiger partial charge is 0.497 e. The molecule has 3 N–H and O–H groups in total. The smallest absolute Gasteiger partial charge is 0.257 e. The normalized spacial score (nSPS) is 10.4. The number of anilines is 1. The maximum atomic E-state index is 12.2. The van der Waals surface area contributed by atoms with Gasteiger partial charge in [-0.15, -0.1) is 0 Å². The van der Waals surface area contributed by atoms with Crippen molar-refractivity contribution in [2.24, 2.45) is 0 Å². The Morgan fingerprint density at radius 1 is 1.18 bits per heavy atom. The second-order valence-electron chi connectivity index (χ2n) is 5.76. The number of carbonyl (C=O) groups is 1. The lowest BCUT2D eigenvalue weighted by Crippen LogP contribution is -2.34. The molecule has 0 bridgehead atoms. The highest BCUT2D eigenvalue weighted by Gasteiger charge is 2.11. The summed E-state index contributed by atoms with van der Waals surface area (Å²) in [7, 11) is 1.56. The topological polar surface area (TPSA) is 83.7 Å². The van der Waals surface area contributed by atoms with Crippen molar-refractivity contribution in [3.05, 3.63) is 70.9 Å². The quantitative estimate of drug-likeness (QED) is 0.540. The van der Waals surface area contributed by atoms with E-state index in [-0.39, 0.29) is 17.6 Å². The van der Waals surface area contributed by atoms with Gasteiger partial charge in [-0.1, -0.05) is 11.6 Å². The molecule has 0 fully saturated rings. The number of aliphatic hydroxyl groups is 1. The van der Waals surface area contributed by atoms with Crippen molar-refractivity contribution < 1.29 is 19.1 Å². The van der Waals surface area contributed by atoms with Crippen molar-refractivity contribution in [2.75, 3.05) is 12.4 Å². The van der Waals surface area contributed by atoms with E-state index in [1.807, 2.05) is 0 Å². The van der Waals surface area contributed by atoms with Crippen molar-refractivity contribution >= 4 is 40.5 Å². The number of halogens is 1. The molecule has 0 atom stereocenters. The first kappa shape index (κ1) is 19.9. The molecule has 1 amide bonds. The van der Waals surface area contributed by atoms with Crippen molar-refractivity contribution in [1.29, 1.82) is 0 Å². The molecule has 0 aliphatic rings. The molecule has 0 spiro atoms. The third-order valence-corrected chi connectivity index (χ3v) is 4.41. The van der Waals surface area contributed by atoms with E-state index in [9.17, 15) is 4.79 Å². The van der Waals surface area contributed by atoms with Crippen LogP contribution in [0.3, 0.4) is 0 Å². The highest BCUT2D eigenvalue weighted by Crippen LogP contribution is 2.31. The van der Waals surface area contributed by atoms with Crippen LogP contribution in [0.5, 0.6) is 5.75 Å². The van der Waals surface area contributed by atoms with Crippen LogP contribution in [-0.2, 0) is 6.61 Å². The van der Waals surface area contributed by atoms with E-state index in [4.69, 9.17) is 38.1 Å². The molecule has 3 rings (SSSR count). The van der Waals surface area contributed by atoms with Gasteiger partial charge in [-0.2, -0.15) is 0 Å². The molecule has 0 saturated carbocycles. The van der Waals surface area contributed by atoms with E-state index in [0.29, 0.717) is 39.1 Å². The lowest BCUT2D eigenvalue weighted by atomic mass is 10.1. The second-order valence-corrected chi connectivity index (χ2v) is 6.57. The number of benzene rings is 2. The number of hydrogen-bond acceptors (Lipinski definition) is 5. The standard InChI is InChI=1S/C20H17ClN2O4S/c1-26-14-5-2-12(3-6-14)19(25)23-20(28)22-13-4-8-16(17(21)10-13)18-9-7-15(11-24)27-18/h2-10,24H,11H2,1H3,(H2,22,23,25,28). The number of nitrogens with one attached hydrogen (secondary N) is 2. The molecule has 2 aromatic carbocycles. The molecule has 1 aromatic heterocycles. The molecule has 6 nitrogen and oxygen atoms in total. The summed E-state index contributed by atoms with van der Waals surface area (Å²) in [5, 5.41) is 15.2. The van der Waals surface area contributed by atoms with Crippen LogP contribution < -0.4 is 15.4 Å². The summed E-state index contributed by atoms with van der Waals surface area (Å²) in [6.45, 7) is -0.181. The summed E-state index contributed by atoms with van der Waals surface area (Å²) in [5.41, 5.74) is 1.75. The molecule has 0 aliphatic carbocycles. The van der Waals surface area contributed by atoms with Gasteiger partial charge in [0.25, 0.3) is 5.91 Å². The van der Waals surface area contributed by atoms with Gasteiger partial charge in [-0.3, -0.25) is 10.1 Å². The number of amides is 1. The predicted octanol–water partition coefficient (Wildman–Crippen LogP) is 4.23. The van der Waals surface area contributed by atoms with E-state index in [1.54, 1.807) is 61.7 Å². The Labute approximate surface area is 172 Å². The van der Waals surface area contributed by atoms with Gasteiger partial charge in [0.1, 0.15) is 23.9 Å². The minimum absolute atomic E-state index is 0.144. The van der Waals surface area contributed by atoms with Crippen LogP contribution in [0.15, 0.2) is 59.0 Å². The van der Waals surface area contributed by atoms with Crippen LogP contribution in [0.4, 0.5) is 5.69 Å². The Kier molecular flexibility index (Phi) is 6.30. The van der Waals surface area contributed by atoms with Crippen molar-refractivity contribution in [1.82, 2.24) is 5.32 Å². The predicted molar refractivity (Wildman–Crippen MR) is 112 cm³/mol. The number of aliphatic hydroxyl groups excluding tert-OH is 1. The number of methoxy groups -OCH3 is 1. The maximum absolute atomic E-state index is 12.2. The first-order valence-corrected chi connectivity index (χ1v) is 9.04. The Hall–Kier alpha value is -2.87. The highest BCUT2D eigenvalue weighted by atomic mass is 35.5. The Balaban J connectivity index is 1.65. The summed E-state index contributed by atoms with van der Waals surface area (Å²) in [5.74, 6) is 1.33. The summed E-state index contributed by atoms with van der Waals surface area (Å²) in [4.78, 5) is 12.2. The second kappa shape index (κ2) is 8.88. The fourth-order valence-electron chi connectivity index (χ4n) is 2.48. The lowest BCUT2D eigenvalue weighted by Gasteiger charge is -2.11. The fourth-order valence-corrected chi connectivity index (χ4v) is 2.96. The third-order valence-electron chi connectivity index (χ3n) is 3.89. The first-order chi connectivity index (χ1) is 13.5. The maximum Gasteiger partial charge on any atom is 0.257 e. The number of carbonyl (C=O) groups excluding carboxylic acids is 1. The molecule has 3 aromatic rings.